The first-order chi connectivity index (χ1) is 10.6. The van der Waals surface area contributed by atoms with Gasteiger partial charge in [-0.05, 0) is 42.5 Å². The van der Waals surface area contributed by atoms with Crippen LogP contribution in [0.2, 0.25) is 5.02 Å². The Morgan fingerprint density at radius 3 is 2.55 bits per heavy atom. The zero-order chi connectivity index (χ0) is 15.9. The van der Waals surface area contributed by atoms with E-state index in [2.05, 4.69) is 10.1 Å². The SMILES string of the molecule is COC(=O)c1ccc(NC(=O)CSc2cccc(Cl)c2)cc1. The average molecular weight is 336 g/mol. The van der Waals surface area contributed by atoms with Gasteiger partial charge in [-0.15, -0.1) is 11.8 Å². The lowest BCUT2D eigenvalue weighted by atomic mass is 10.2. The molecule has 0 heterocycles. The van der Waals surface area contributed by atoms with Gasteiger partial charge in [0.15, 0.2) is 0 Å². The maximum absolute atomic E-state index is 11.9. The average Bonchev–Trinajstić information content (AvgIpc) is 2.53. The highest BCUT2D eigenvalue weighted by Crippen LogP contribution is 2.21. The number of methoxy groups -OCH3 is 1. The molecule has 0 bridgehead atoms. The van der Waals surface area contributed by atoms with Crippen LogP contribution < -0.4 is 5.32 Å². The predicted molar refractivity (Wildman–Crippen MR) is 88.6 cm³/mol. The van der Waals surface area contributed by atoms with Gasteiger partial charge >= 0.3 is 5.97 Å². The summed E-state index contributed by atoms with van der Waals surface area (Å²) in [4.78, 5) is 24.1. The van der Waals surface area contributed by atoms with Gasteiger partial charge in [-0.2, -0.15) is 0 Å². The summed E-state index contributed by atoms with van der Waals surface area (Å²) >= 11 is 7.29. The van der Waals surface area contributed by atoms with Gasteiger partial charge in [-0.25, -0.2) is 4.79 Å². The number of esters is 1. The second-order valence-corrected chi connectivity index (χ2v) is 5.85. The van der Waals surface area contributed by atoms with Crippen LogP contribution in [-0.4, -0.2) is 24.7 Å². The van der Waals surface area contributed by atoms with Gasteiger partial charge in [0.25, 0.3) is 0 Å². The van der Waals surface area contributed by atoms with Crippen LogP contribution in [0.15, 0.2) is 53.4 Å². The maximum atomic E-state index is 11.9. The van der Waals surface area contributed by atoms with Gasteiger partial charge in [0, 0.05) is 15.6 Å². The first-order valence-corrected chi connectivity index (χ1v) is 7.81. The molecule has 0 aliphatic rings. The van der Waals surface area contributed by atoms with Crippen LogP contribution in [0.25, 0.3) is 0 Å². The summed E-state index contributed by atoms with van der Waals surface area (Å²) in [6, 6.07) is 13.9. The Balaban J connectivity index is 1.88. The Morgan fingerprint density at radius 1 is 1.18 bits per heavy atom. The smallest absolute Gasteiger partial charge is 0.337 e. The van der Waals surface area contributed by atoms with Crippen LogP contribution >= 0.6 is 23.4 Å². The number of anilines is 1. The first kappa shape index (κ1) is 16.4. The van der Waals surface area contributed by atoms with E-state index in [9.17, 15) is 9.59 Å². The van der Waals surface area contributed by atoms with Crippen molar-refractivity contribution in [1.29, 1.82) is 0 Å². The molecule has 2 rings (SSSR count). The number of amides is 1. The van der Waals surface area contributed by atoms with Gasteiger partial charge in [0.05, 0.1) is 18.4 Å². The lowest BCUT2D eigenvalue weighted by Gasteiger charge is -2.06. The van der Waals surface area contributed by atoms with Crippen molar-refractivity contribution < 1.29 is 14.3 Å². The van der Waals surface area contributed by atoms with Gasteiger partial charge in [-0.3, -0.25) is 4.79 Å². The van der Waals surface area contributed by atoms with E-state index in [-0.39, 0.29) is 11.7 Å². The molecule has 0 fully saturated rings. The quantitative estimate of drug-likeness (QED) is 0.666. The zero-order valence-electron chi connectivity index (χ0n) is 11.8. The maximum Gasteiger partial charge on any atom is 0.337 e. The van der Waals surface area contributed by atoms with Crippen molar-refractivity contribution in [2.45, 2.75) is 4.90 Å². The molecule has 22 heavy (non-hydrogen) atoms. The van der Waals surface area contributed by atoms with E-state index < -0.39 is 5.97 Å². The van der Waals surface area contributed by atoms with Crippen molar-refractivity contribution in [2.24, 2.45) is 0 Å². The number of hydrogen-bond donors (Lipinski definition) is 1. The Morgan fingerprint density at radius 2 is 1.91 bits per heavy atom. The highest BCUT2D eigenvalue weighted by molar-refractivity contribution is 8.00. The normalized spacial score (nSPS) is 10.1. The van der Waals surface area contributed by atoms with E-state index in [1.807, 2.05) is 18.2 Å². The molecule has 4 nitrogen and oxygen atoms in total. The Bertz CT molecular complexity index is 673. The topological polar surface area (TPSA) is 55.4 Å². The third kappa shape index (κ3) is 4.79. The van der Waals surface area contributed by atoms with Crippen LogP contribution in [0.5, 0.6) is 0 Å². The monoisotopic (exact) mass is 335 g/mol. The van der Waals surface area contributed by atoms with Crippen LogP contribution in [0.3, 0.4) is 0 Å². The van der Waals surface area contributed by atoms with E-state index in [4.69, 9.17) is 11.6 Å². The number of halogens is 1. The third-order valence-electron chi connectivity index (χ3n) is 2.76. The molecule has 0 aromatic heterocycles. The molecule has 1 N–H and O–H groups in total. The third-order valence-corrected chi connectivity index (χ3v) is 3.98. The second kappa shape index (κ2) is 7.87. The Labute approximate surface area is 137 Å². The summed E-state index contributed by atoms with van der Waals surface area (Å²) in [5.74, 6) is -0.260. The number of benzene rings is 2. The van der Waals surface area contributed by atoms with Crippen molar-refractivity contribution in [3.05, 3.63) is 59.1 Å². The van der Waals surface area contributed by atoms with E-state index in [0.29, 0.717) is 16.3 Å². The van der Waals surface area contributed by atoms with Gasteiger partial charge in [-0.1, -0.05) is 17.7 Å². The molecule has 0 saturated heterocycles. The molecule has 114 valence electrons. The fourth-order valence-electron chi connectivity index (χ4n) is 1.71. The Kier molecular flexibility index (Phi) is 5.86. The minimum absolute atomic E-state index is 0.129. The number of carbonyl (C=O) groups is 2. The van der Waals surface area contributed by atoms with E-state index in [1.54, 1.807) is 30.3 Å². The molecule has 0 unspecified atom stereocenters. The number of hydrogen-bond acceptors (Lipinski definition) is 4. The lowest BCUT2D eigenvalue weighted by Crippen LogP contribution is -2.14. The summed E-state index contributed by atoms with van der Waals surface area (Å²) < 4.78 is 4.61. The van der Waals surface area contributed by atoms with Crippen molar-refractivity contribution in [2.75, 3.05) is 18.2 Å². The molecule has 0 aliphatic heterocycles. The molecule has 2 aromatic rings. The molecule has 0 radical (unpaired) electrons. The van der Waals surface area contributed by atoms with Gasteiger partial charge in [0.2, 0.25) is 5.91 Å². The molecule has 0 saturated carbocycles. The van der Waals surface area contributed by atoms with Crippen LogP contribution in [0, 0.1) is 0 Å². The number of ether oxygens (including phenoxy) is 1. The largest absolute Gasteiger partial charge is 0.465 e. The predicted octanol–water partition coefficient (Wildman–Crippen LogP) is 3.86. The summed E-state index contributed by atoms with van der Waals surface area (Å²) in [6.07, 6.45) is 0. The first-order valence-electron chi connectivity index (χ1n) is 6.45. The van der Waals surface area contributed by atoms with Gasteiger partial charge in [0.1, 0.15) is 0 Å². The summed E-state index contributed by atoms with van der Waals surface area (Å²) in [7, 11) is 1.32. The number of thioether (sulfide) groups is 1. The number of carbonyl (C=O) groups excluding carboxylic acids is 2. The van der Waals surface area contributed by atoms with Crippen LogP contribution in [0.1, 0.15) is 10.4 Å². The molecular formula is C16H14ClNO3S. The van der Waals surface area contributed by atoms with Gasteiger partial charge < -0.3 is 10.1 Å². The number of nitrogens with one attached hydrogen (secondary N) is 1. The minimum Gasteiger partial charge on any atom is -0.465 e. The fraction of sp³-hybridized carbons (Fsp3) is 0.125. The van der Waals surface area contributed by atoms with Crippen molar-refractivity contribution >= 4 is 40.9 Å². The van der Waals surface area contributed by atoms with Crippen molar-refractivity contribution in [1.82, 2.24) is 0 Å². The van der Waals surface area contributed by atoms with E-state index in [0.717, 1.165) is 4.90 Å². The lowest BCUT2D eigenvalue weighted by molar-refractivity contribution is -0.113. The Hall–Kier alpha value is -1.98. The molecule has 0 atom stereocenters. The fourth-order valence-corrected chi connectivity index (χ4v) is 2.72. The highest BCUT2D eigenvalue weighted by atomic mass is 35.5. The van der Waals surface area contributed by atoms with E-state index >= 15 is 0 Å². The molecule has 6 heteroatoms. The summed E-state index contributed by atoms with van der Waals surface area (Å²) in [5.41, 5.74) is 1.07. The molecule has 1 amide bonds. The summed E-state index contributed by atoms with van der Waals surface area (Å²) in [5, 5.41) is 3.41. The molecule has 0 spiro atoms. The van der Waals surface area contributed by atoms with Crippen molar-refractivity contribution in [3.8, 4) is 0 Å². The summed E-state index contributed by atoms with van der Waals surface area (Å²) in [6.45, 7) is 0. The highest BCUT2D eigenvalue weighted by Gasteiger charge is 2.07. The molecule has 2 aromatic carbocycles. The number of rotatable bonds is 5. The standard InChI is InChI=1S/C16H14ClNO3S/c1-21-16(20)11-5-7-13(8-6-11)18-15(19)10-22-14-4-2-3-12(17)9-14/h2-9H,10H2,1H3,(H,18,19). The van der Waals surface area contributed by atoms with Crippen molar-refractivity contribution in [3.63, 3.8) is 0 Å². The zero-order valence-corrected chi connectivity index (χ0v) is 13.4. The van der Waals surface area contributed by atoms with Crippen LogP contribution in [-0.2, 0) is 9.53 Å². The molecule has 0 aliphatic carbocycles. The van der Waals surface area contributed by atoms with Crippen LogP contribution in [0.4, 0.5) is 5.69 Å². The second-order valence-electron chi connectivity index (χ2n) is 4.36. The van der Waals surface area contributed by atoms with E-state index in [1.165, 1.54) is 18.9 Å². The minimum atomic E-state index is -0.408. The molecular weight excluding hydrogens is 322 g/mol.